The van der Waals surface area contributed by atoms with Gasteiger partial charge in [-0.05, 0) is 25.4 Å². The molecule has 0 saturated carbocycles. The number of nitrogens with one attached hydrogen (secondary N) is 2. The summed E-state index contributed by atoms with van der Waals surface area (Å²) in [4.78, 5) is 0. The molecule has 2 N–H and O–H groups in total. The Bertz CT molecular complexity index is 252. The molecule has 84 valence electrons. The number of hydrogen-bond donors (Lipinski definition) is 2. The summed E-state index contributed by atoms with van der Waals surface area (Å²) in [6.45, 7) is 5.77. The SMILES string of the molecule is CCNCCNCC1CCS(=O)(=O)C1. The number of likely N-dealkylation sites (N-methyl/N-ethyl adjacent to an activating group) is 1. The Labute approximate surface area is 86.4 Å². The smallest absolute Gasteiger partial charge is 0.150 e. The van der Waals surface area contributed by atoms with Gasteiger partial charge >= 0.3 is 0 Å². The third-order valence-electron chi connectivity index (χ3n) is 2.49. The van der Waals surface area contributed by atoms with E-state index in [4.69, 9.17) is 0 Å². The van der Waals surface area contributed by atoms with Crippen molar-refractivity contribution in [2.75, 3.05) is 37.7 Å². The first kappa shape index (κ1) is 11.9. The van der Waals surface area contributed by atoms with Crippen molar-refractivity contribution in [1.82, 2.24) is 10.6 Å². The molecule has 5 heteroatoms. The van der Waals surface area contributed by atoms with E-state index in [0.29, 0.717) is 17.4 Å². The molecule has 1 saturated heterocycles. The minimum Gasteiger partial charge on any atom is -0.316 e. The molecule has 1 aliphatic rings. The lowest BCUT2D eigenvalue weighted by Crippen LogP contribution is -2.31. The Morgan fingerprint density at radius 1 is 1.29 bits per heavy atom. The molecule has 4 nitrogen and oxygen atoms in total. The molecule has 1 atom stereocenters. The fraction of sp³-hybridized carbons (Fsp3) is 1.00. The summed E-state index contributed by atoms with van der Waals surface area (Å²) < 4.78 is 22.3. The number of hydrogen-bond acceptors (Lipinski definition) is 4. The second kappa shape index (κ2) is 5.68. The Morgan fingerprint density at radius 2 is 2.00 bits per heavy atom. The zero-order chi connectivity index (χ0) is 10.4. The summed E-state index contributed by atoms with van der Waals surface area (Å²) in [6.07, 6.45) is 0.830. The van der Waals surface area contributed by atoms with Crippen LogP contribution in [0, 0.1) is 5.92 Å². The average Bonchev–Trinajstić information content (AvgIpc) is 2.45. The van der Waals surface area contributed by atoms with Gasteiger partial charge in [0.05, 0.1) is 11.5 Å². The van der Waals surface area contributed by atoms with Crippen molar-refractivity contribution in [3.63, 3.8) is 0 Å². The lowest BCUT2D eigenvalue weighted by Gasteiger charge is -2.09. The fourth-order valence-electron chi connectivity index (χ4n) is 1.69. The fourth-order valence-corrected chi connectivity index (χ4v) is 3.55. The summed E-state index contributed by atoms with van der Waals surface area (Å²) in [5, 5.41) is 6.48. The summed E-state index contributed by atoms with van der Waals surface area (Å²) in [5.74, 6) is 1.09. The van der Waals surface area contributed by atoms with E-state index in [1.807, 2.05) is 0 Å². The van der Waals surface area contributed by atoms with Crippen LogP contribution in [0.4, 0.5) is 0 Å². The van der Waals surface area contributed by atoms with Gasteiger partial charge in [0.1, 0.15) is 0 Å². The Hall–Kier alpha value is -0.130. The molecule has 0 aromatic heterocycles. The number of rotatable bonds is 6. The van der Waals surface area contributed by atoms with Crippen LogP contribution in [0.25, 0.3) is 0 Å². The van der Waals surface area contributed by atoms with Crippen molar-refractivity contribution in [2.45, 2.75) is 13.3 Å². The standard InChI is InChI=1S/C9H20N2O2S/c1-2-10-4-5-11-7-9-3-6-14(12,13)8-9/h9-11H,2-8H2,1H3. The van der Waals surface area contributed by atoms with Gasteiger partial charge < -0.3 is 10.6 Å². The highest BCUT2D eigenvalue weighted by Gasteiger charge is 2.27. The highest BCUT2D eigenvalue weighted by atomic mass is 32.2. The molecule has 1 unspecified atom stereocenters. The van der Waals surface area contributed by atoms with Crippen LogP contribution in [0.5, 0.6) is 0 Å². The summed E-state index contributed by atoms with van der Waals surface area (Å²) >= 11 is 0. The van der Waals surface area contributed by atoms with Crippen molar-refractivity contribution < 1.29 is 8.42 Å². The molecule has 1 aliphatic heterocycles. The summed E-state index contributed by atoms with van der Waals surface area (Å²) in [5.41, 5.74) is 0. The Kier molecular flexibility index (Phi) is 4.84. The van der Waals surface area contributed by atoms with E-state index in [0.717, 1.165) is 32.6 Å². The molecule has 0 aromatic carbocycles. The van der Waals surface area contributed by atoms with E-state index in [9.17, 15) is 8.42 Å². The average molecular weight is 220 g/mol. The van der Waals surface area contributed by atoms with Crippen LogP contribution in [0.2, 0.25) is 0 Å². The second-order valence-electron chi connectivity index (χ2n) is 3.83. The third-order valence-corrected chi connectivity index (χ3v) is 4.33. The first-order valence-electron chi connectivity index (χ1n) is 5.26. The topological polar surface area (TPSA) is 58.2 Å². The number of sulfone groups is 1. The molecule has 0 aromatic rings. The molecule has 0 bridgehead atoms. The first-order chi connectivity index (χ1) is 6.64. The van der Waals surface area contributed by atoms with Crippen molar-refractivity contribution >= 4 is 9.84 Å². The van der Waals surface area contributed by atoms with Crippen LogP contribution < -0.4 is 10.6 Å². The van der Waals surface area contributed by atoms with Crippen molar-refractivity contribution in [2.24, 2.45) is 5.92 Å². The van der Waals surface area contributed by atoms with Crippen LogP contribution in [0.1, 0.15) is 13.3 Å². The lowest BCUT2D eigenvalue weighted by molar-refractivity contribution is 0.513. The second-order valence-corrected chi connectivity index (χ2v) is 6.06. The van der Waals surface area contributed by atoms with Gasteiger partial charge in [-0.25, -0.2) is 8.42 Å². The predicted molar refractivity (Wildman–Crippen MR) is 58.2 cm³/mol. The monoisotopic (exact) mass is 220 g/mol. The maximum Gasteiger partial charge on any atom is 0.150 e. The van der Waals surface area contributed by atoms with E-state index in [1.54, 1.807) is 0 Å². The molecule has 0 aliphatic carbocycles. The van der Waals surface area contributed by atoms with E-state index in [-0.39, 0.29) is 0 Å². The summed E-state index contributed by atoms with van der Waals surface area (Å²) in [6, 6.07) is 0. The minimum absolute atomic E-state index is 0.335. The van der Waals surface area contributed by atoms with Gasteiger partial charge in [0.15, 0.2) is 9.84 Å². The van der Waals surface area contributed by atoms with Gasteiger partial charge in [-0.2, -0.15) is 0 Å². The molecule has 1 rings (SSSR count). The largest absolute Gasteiger partial charge is 0.316 e. The molecule has 1 heterocycles. The molecular formula is C9H20N2O2S. The first-order valence-corrected chi connectivity index (χ1v) is 7.08. The van der Waals surface area contributed by atoms with Gasteiger partial charge in [-0.3, -0.25) is 0 Å². The molecule has 1 fully saturated rings. The molecule has 0 spiro atoms. The van der Waals surface area contributed by atoms with E-state index in [1.165, 1.54) is 0 Å². The third kappa shape index (κ3) is 4.39. The van der Waals surface area contributed by atoms with Crippen LogP contribution in [0.3, 0.4) is 0 Å². The zero-order valence-electron chi connectivity index (χ0n) is 8.75. The van der Waals surface area contributed by atoms with Crippen molar-refractivity contribution in [3.8, 4) is 0 Å². The van der Waals surface area contributed by atoms with Crippen LogP contribution >= 0.6 is 0 Å². The zero-order valence-corrected chi connectivity index (χ0v) is 9.57. The normalized spacial score (nSPS) is 25.4. The van der Waals surface area contributed by atoms with Gasteiger partial charge in [0, 0.05) is 13.1 Å². The Morgan fingerprint density at radius 3 is 2.57 bits per heavy atom. The summed E-state index contributed by atoms with van der Waals surface area (Å²) in [7, 11) is -2.70. The van der Waals surface area contributed by atoms with Crippen LogP contribution in [0.15, 0.2) is 0 Å². The maximum atomic E-state index is 11.1. The lowest BCUT2D eigenvalue weighted by atomic mass is 10.1. The predicted octanol–water partition coefficient (Wildman–Crippen LogP) is -0.380. The van der Waals surface area contributed by atoms with Gasteiger partial charge in [0.25, 0.3) is 0 Å². The Balaban J connectivity index is 2.03. The van der Waals surface area contributed by atoms with E-state index >= 15 is 0 Å². The molecule has 14 heavy (non-hydrogen) atoms. The van der Waals surface area contributed by atoms with Crippen molar-refractivity contribution in [3.05, 3.63) is 0 Å². The maximum absolute atomic E-state index is 11.1. The minimum atomic E-state index is -2.70. The molecular weight excluding hydrogens is 200 g/mol. The van der Waals surface area contributed by atoms with Crippen LogP contribution in [-0.4, -0.2) is 46.1 Å². The highest BCUT2D eigenvalue weighted by molar-refractivity contribution is 7.91. The van der Waals surface area contributed by atoms with E-state index in [2.05, 4.69) is 17.6 Å². The molecule has 0 radical (unpaired) electrons. The quantitative estimate of drug-likeness (QED) is 0.599. The van der Waals surface area contributed by atoms with Gasteiger partial charge in [0.2, 0.25) is 0 Å². The van der Waals surface area contributed by atoms with Crippen LogP contribution in [-0.2, 0) is 9.84 Å². The van der Waals surface area contributed by atoms with Gasteiger partial charge in [-0.1, -0.05) is 6.92 Å². The molecule has 0 amide bonds. The van der Waals surface area contributed by atoms with E-state index < -0.39 is 9.84 Å². The van der Waals surface area contributed by atoms with Crippen molar-refractivity contribution in [1.29, 1.82) is 0 Å². The van der Waals surface area contributed by atoms with Gasteiger partial charge in [-0.15, -0.1) is 0 Å². The highest BCUT2D eigenvalue weighted by Crippen LogP contribution is 2.16.